The Hall–Kier alpha value is -2.65. The SMILES string of the molecule is CCCCNC(=O)C(C)N(Cc1ccccc1)C(=O)CN(c1ccc(F)c(Cl)c1)S(C)(=O)=O. The second-order valence-electron chi connectivity index (χ2n) is 7.70. The van der Waals surface area contributed by atoms with Gasteiger partial charge in [0, 0.05) is 13.1 Å². The smallest absolute Gasteiger partial charge is 0.244 e. The maximum Gasteiger partial charge on any atom is 0.244 e. The molecule has 0 saturated heterocycles. The first-order chi connectivity index (χ1) is 15.5. The molecule has 0 aromatic heterocycles. The van der Waals surface area contributed by atoms with Gasteiger partial charge in [0.15, 0.2) is 0 Å². The number of carbonyl (C=O) groups is 2. The Morgan fingerprint density at radius 3 is 2.39 bits per heavy atom. The van der Waals surface area contributed by atoms with Gasteiger partial charge in [0.05, 0.1) is 17.0 Å². The number of anilines is 1. The predicted molar refractivity (Wildman–Crippen MR) is 128 cm³/mol. The van der Waals surface area contributed by atoms with Crippen LogP contribution < -0.4 is 9.62 Å². The van der Waals surface area contributed by atoms with Crippen molar-refractivity contribution in [2.45, 2.75) is 39.3 Å². The number of nitrogens with zero attached hydrogens (tertiary/aromatic N) is 2. The van der Waals surface area contributed by atoms with E-state index in [0.29, 0.717) is 6.54 Å². The normalized spacial score (nSPS) is 12.2. The van der Waals surface area contributed by atoms with Crippen molar-refractivity contribution in [2.75, 3.05) is 23.7 Å². The van der Waals surface area contributed by atoms with Crippen molar-refractivity contribution >= 4 is 39.1 Å². The fourth-order valence-electron chi connectivity index (χ4n) is 3.15. The molecule has 180 valence electrons. The number of halogens is 2. The molecule has 2 aromatic rings. The number of sulfonamides is 1. The third-order valence-corrected chi connectivity index (χ3v) is 6.49. The number of hydrogen-bond acceptors (Lipinski definition) is 4. The minimum absolute atomic E-state index is 0.0527. The molecule has 0 aliphatic carbocycles. The Morgan fingerprint density at radius 1 is 1.15 bits per heavy atom. The zero-order valence-corrected chi connectivity index (χ0v) is 20.5. The third-order valence-electron chi connectivity index (χ3n) is 5.06. The molecule has 0 fully saturated rings. The molecule has 1 unspecified atom stereocenters. The standard InChI is InChI=1S/C23H29ClFN3O4S/c1-4-5-13-26-23(30)17(2)27(15-18-9-7-6-8-10-18)22(29)16-28(33(3,31)32)19-11-12-21(25)20(24)14-19/h6-12,14,17H,4-5,13,15-16H2,1-3H3,(H,26,30). The lowest BCUT2D eigenvalue weighted by molar-refractivity contribution is -0.139. The molecule has 1 N–H and O–H groups in total. The van der Waals surface area contributed by atoms with Crippen molar-refractivity contribution in [1.82, 2.24) is 10.2 Å². The van der Waals surface area contributed by atoms with E-state index in [4.69, 9.17) is 11.6 Å². The highest BCUT2D eigenvalue weighted by Crippen LogP contribution is 2.25. The summed E-state index contributed by atoms with van der Waals surface area (Å²) < 4.78 is 39.4. The quantitative estimate of drug-likeness (QED) is 0.481. The summed E-state index contributed by atoms with van der Waals surface area (Å²) in [7, 11) is -3.91. The van der Waals surface area contributed by atoms with E-state index in [1.54, 1.807) is 6.92 Å². The molecule has 2 rings (SSSR count). The lowest BCUT2D eigenvalue weighted by Gasteiger charge is -2.31. The summed E-state index contributed by atoms with van der Waals surface area (Å²) in [5, 5.41) is 2.54. The zero-order valence-electron chi connectivity index (χ0n) is 18.9. The maximum absolute atomic E-state index is 13.6. The van der Waals surface area contributed by atoms with E-state index in [1.807, 2.05) is 37.3 Å². The van der Waals surface area contributed by atoms with Gasteiger partial charge in [-0.3, -0.25) is 13.9 Å². The van der Waals surface area contributed by atoms with Crippen molar-refractivity contribution in [3.8, 4) is 0 Å². The highest BCUT2D eigenvalue weighted by Gasteiger charge is 2.30. The minimum Gasteiger partial charge on any atom is -0.354 e. The molecule has 2 amide bonds. The number of unbranched alkanes of at least 4 members (excludes halogenated alkanes) is 1. The van der Waals surface area contributed by atoms with Crippen LogP contribution in [0.3, 0.4) is 0 Å². The minimum atomic E-state index is -3.91. The molecule has 0 heterocycles. The van der Waals surface area contributed by atoms with E-state index < -0.39 is 34.3 Å². The van der Waals surface area contributed by atoms with Gasteiger partial charge in [-0.1, -0.05) is 55.3 Å². The van der Waals surface area contributed by atoms with Crippen LogP contribution in [0, 0.1) is 5.82 Å². The topological polar surface area (TPSA) is 86.8 Å². The number of benzene rings is 2. The molecular formula is C23H29ClFN3O4S. The van der Waals surface area contributed by atoms with Crippen molar-refractivity contribution < 1.29 is 22.4 Å². The highest BCUT2D eigenvalue weighted by molar-refractivity contribution is 7.92. The van der Waals surface area contributed by atoms with Crippen LogP contribution in [0.15, 0.2) is 48.5 Å². The van der Waals surface area contributed by atoms with Gasteiger partial charge in [-0.05, 0) is 37.1 Å². The van der Waals surface area contributed by atoms with Crippen LogP contribution in [-0.4, -0.2) is 50.5 Å². The molecule has 7 nitrogen and oxygen atoms in total. The molecule has 0 aliphatic rings. The largest absolute Gasteiger partial charge is 0.354 e. The molecule has 0 radical (unpaired) electrons. The fourth-order valence-corrected chi connectivity index (χ4v) is 4.17. The second kappa shape index (κ2) is 12.0. The summed E-state index contributed by atoms with van der Waals surface area (Å²) in [5.74, 6) is -1.62. The first kappa shape index (κ1) is 26.6. The monoisotopic (exact) mass is 497 g/mol. The van der Waals surface area contributed by atoms with Crippen molar-refractivity contribution in [3.63, 3.8) is 0 Å². The van der Waals surface area contributed by atoms with Crippen LogP contribution in [0.2, 0.25) is 5.02 Å². The summed E-state index contributed by atoms with van der Waals surface area (Å²) in [6, 6.07) is 11.7. The molecule has 2 aromatic carbocycles. The van der Waals surface area contributed by atoms with Crippen LogP contribution in [0.5, 0.6) is 0 Å². The third kappa shape index (κ3) is 7.71. The Kier molecular flexibility index (Phi) is 9.67. The van der Waals surface area contributed by atoms with Crippen molar-refractivity contribution in [2.24, 2.45) is 0 Å². The lowest BCUT2D eigenvalue weighted by atomic mass is 10.1. The van der Waals surface area contributed by atoms with Gasteiger partial charge in [0.25, 0.3) is 0 Å². The second-order valence-corrected chi connectivity index (χ2v) is 10.0. The Labute approximate surface area is 199 Å². The molecule has 0 saturated carbocycles. The van der Waals surface area contributed by atoms with Gasteiger partial charge in [0.1, 0.15) is 18.4 Å². The number of rotatable bonds is 11. The van der Waals surface area contributed by atoms with E-state index in [-0.39, 0.29) is 23.2 Å². The molecule has 0 bridgehead atoms. The van der Waals surface area contributed by atoms with E-state index >= 15 is 0 Å². The van der Waals surface area contributed by atoms with Crippen LogP contribution >= 0.6 is 11.6 Å². The summed E-state index contributed by atoms with van der Waals surface area (Å²) >= 11 is 5.82. The summed E-state index contributed by atoms with van der Waals surface area (Å²) in [4.78, 5) is 27.4. The molecule has 10 heteroatoms. The summed E-state index contributed by atoms with van der Waals surface area (Å²) in [6.07, 6.45) is 2.66. The van der Waals surface area contributed by atoms with Crippen molar-refractivity contribution in [3.05, 3.63) is 64.9 Å². The van der Waals surface area contributed by atoms with E-state index in [1.165, 1.54) is 11.0 Å². The number of carbonyl (C=O) groups excluding carboxylic acids is 2. The molecular weight excluding hydrogens is 469 g/mol. The van der Waals surface area contributed by atoms with Crippen LogP contribution in [0.4, 0.5) is 10.1 Å². The van der Waals surface area contributed by atoms with Crippen LogP contribution in [-0.2, 0) is 26.2 Å². The zero-order chi connectivity index (χ0) is 24.6. The number of hydrogen-bond donors (Lipinski definition) is 1. The van der Waals surface area contributed by atoms with Gasteiger partial charge < -0.3 is 10.2 Å². The van der Waals surface area contributed by atoms with Crippen molar-refractivity contribution in [1.29, 1.82) is 0 Å². The van der Waals surface area contributed by atoms with E-state index in [9.17, 15) is 22.4 Å². The Balaban J connectivity index is 2.34. The van der Waals surface area contributed by atoms with Gasteiger partial charge in [0.2, 0.25) is 21.8 Å². The first-order valence-electron chi connectivity index (χ1n) is 10.6. The number of amides is 2. The first-order valence-corrected chi connectivity index (χ1v) is 12.8. The highest BCUT2D eigenvalue weighted by atomic mass is 35.5. The van der Waals surface area contributed by atoms with Gasteiger partial charge in [-0.2, -0.15) is 0 Å². The van der Waals surface area contributed by atoms with E-state index in [2.05, 4.69) is 5.32 Å². The fraction of sp³-hybridized carbons (Fsp3) is 0.391. The Bertz CT molecular complexity index is 1070. The average Bonchev–Trinajstić information content (AvgIpc) is 2.77. The molecule has 0 aliphatic heterocycles. The predicted octanol–water partition coefficient (Wildman–Crippen LogP) is 3.58. The average molecular weight is 498 g/mol. The van der Waals surface area contributed by atoms with Crippen LogP contribution in [0.25, 0.3) is 0 Å². The van der Waals surface area contributed by atoms with Gasteiger partial charge in [-0.25, -0.2) is 12.8 Å². The van der Waals surface area contributed by atoms with E-state index in [0.717, 1.165) is 41.1 Å². The van der Waals surface area contributed by atoms with Gasteiger partial charge >= 0.3 is 0 Å². The van der Waals surface area contributed by atoms with Crippen LogP contribution in [0.1, 0.15) is 32.3 Å². The maximum atomic E-state index is 13.6. The lowest BCUT2D eigenvalue weighted by Crippen LogP contribution is -2.51. The van der Waals surface area contributed by atoms with Gasteiger partial charge in [-0.15, -0.1) is 0 Å². The number of nitrogens with one attached hydrogen (secondary N) is 1. The summed E-state index contributed by atoms with van der Waals surface area (Å²) in [5.41, 5.74) is 0.840. The molecule has 33 heavy (non-hydrogen) atoms. The Morgan fingerprint density at radius 2 is 1.82 bits per heavy atom. The molecule has 1 atom stereocenters. The molecule has 0 spiro atoms. The summed E-state index contributed by atoms with van der Waals surface area (Å²) in [6.45, 7) is 3.63.